The van der Waals surface area contributed by atoms with Gasteiger partial charge in [0.25, 0.3) is 0 Å². The summed E-state index contributed by atoms with van der Waals surface area (Å²) >= 11 is 0. The van der Waals surface area contributed by atoms with Crippen LogP contribution < -0.4 is 31.7 Å². The number of phenolic OH excluding ortho intramolecular Hbond substituents is 1. The Morgan fingerprint density at radius 1 is 0.644 bits per heavy atom. The minimum atomic E-state index is -1.22. The van der Waals surface area contributed by atoms with Crippen molar-refractivity contribution in [2.75, 3.05) is 26.7 Å². The lowest BCUT2D eigenvalue weighted by Gasteiger charge is -2.20. The van der Waals surface area contributed by atoms with Gasteiger partial charge in [-0.15, -0.1) is 0 Å². The Hall–Kier alpha value is -6.73. The van der Waals surface area contributed by atoms with Crippen molar-refractivity contribution in [1.82, 2.24) is 21.3 Å². The Labute approximate surface area is 345 Å². The van der Waals surface area contributed by atoms with Crippen molar-refractivity contribution < 1.29 is 38.9 Å². The number of rotatable bonds is 17. The third kappa shape index (κ3) is 18.4. The van der Waals surface area contributed by atoms with Gasteiger partial charge in [0, 0.05) is 6.42 Å². The maximum atomic E-state index is 13.2. The molecular weight excluding hydrogens is 751 g/mol. The Kier molecular flexibility index (Phi) is 20.2. The van der Waals surface area contributed by atoms with Crippen molar-refractivity contribution in [2.45, 2.75) is 58.0 Å². The third-order valence-corrected chi connectivity index (χ3v) is 8.82. The van der Waals surface area contributed by atoms with Gasteiger partial charge >= 0.3 is 5.97 Å². The molecule has 0 spiro atoms. The number of carbonyl (C=O) groups excluding carboxylic acids is 4. The number of aromatic hydroxyl groups is 1. The number of nitrogens with one attached hydrogen (secondary N) is 4. The first kappa shape index (κ1) is 46.7. The molecule has 4 amide bonds. The number of unbranched alkanes of at least 4 members (excludes halogenated alkanes) is 1. The second-order valence-corrected chi connectivity index (χ2v) is 13.8. The number of fused-ring (bicyclic) bond motifs is 1. The lowest BCUT2D eigenvalue weighted by molar-refractivity contribution is -0.138. The number of methoxy groups -OCH3 is 1. The molecule has 5 rings (SSSR count). The van der Waals surface area contributed by atoms with E-state index in [-0.39, 0.29) is 25.2 Å². The van der Waals surface area contributed by atoms with Gasteiger partial charge in [-0.1, -0.05) is 108 Å². The molecule has 8 N–H and O–H groups in total. The molecule has 5 aromatic rings. The molecule has 0 aliphatic carbocycles. The third-order valence-electron chi connectivity index (χ3n) is 8.82. The van der Waals surface area contributed by atoms with E-state index in [9.17, 15) is 24.0 Å². The zero-order chi connectivity index (χ0) is 43.0. The Morgan fingerprint density at radius 3 is 1.81 bits per heavy atom. The standard InChI is InChI=1S/C32H39N5O7.C7H8O.C7H8/c1-44-25-13-12-23-15-22(10-11-24(23)18-25)17-28(38)37-27(16-21-7-3-2-4-8-21)32(43)34-19-29(39)36-26(9-5-6-14-33)31(42)35-20-30(40)41;1-6-2-4-7(8)5-3-6;1-7-5-3-2-4-6-7/h2-4,7-8,10-13,15,18,26-27H,5-6,9,14,16-17,19-20,33H2,1H3,(H,34,43)(H,35,42)(H,36,39)(H,37,38)(H,40,41);2-5,8H,1H3;2-6H,1H3. The predicted octanol–water partition coefficient (Wildman–Crippen LogP) is 4.74. The van der Waals surface area contributed by atoms with Gasteiger partial charge in [-0.25, -0.2) is 0 Å². The molecule has 59 heavy (non-hydrogen) atoms. The minimum absolute atomic E-state index is 0.0387. The monoisotopic (exact) mass is 805 g/mol. The number of carboxylic acid groups (broad SMARTS) is 1. The molecular formula is C46H55N5O8. The molecule has 0 saturated carbocycles. The second kappa shape index (κ2) is 25.5. The highest BCUT2D eigenvalue weighted by Gasteiger charge is 2.24. The lowest BCUT2D eigenvalue weighted by Crippen LogP contribution is -2.53. The molecule has 0 heterocycles. The summed E-state index contributed by atoms with van der Waals surface area (Å²) in [5.41, 5.74) is 9.58. The smallest absolute Gasteiger partial charge is 0.322 e. The van der Waals surface area contributed by atoms with Crippen LogP contribution >= 0.6 is 0 Å². The Morgan fingerprint density at radius 2 is 1.22 bits per heavy atom. The topological polar surface area (TPSA) is 209 Å². The van der Waals surface area contributed by atoms with Crippen LogP contribution in [0.3, 0.4) is 0 Å². The van der Waals surface area contributed by atoms with Crippen LogP contribution in [0.5, 0.6) is 11.5 Å². The first-order chi connectivity index (χ1) is 28.4. The lowest BCUT2D eigenvalue weighted by atomic mass is 10.0. The van der Waals surface area contributed by atoms with Gasteiger partial charge in [0.05, 0.1) is 20.1 Å². The number of carboxylic acids is 1. The van der Waals surface area contributed by atoms with Crippen LogP contribution in [-0.2, 0) is 36.8 Å². The summed E-state index contributed by atoms with van der Waals surface area (Å²) in [4.78, 5) is 62.2. The van der Waals surface area contributed by atoms with E-state index in [1.54, 1.807) is 19.2 Å². The predicted molar refractivity (Wildman–Crippen MR) is 229 cm³/mol. The maximum absolute atomic E-state index is 13.2. The SMILES string of the molecule is COc1ccc2cc(CC(=O)NC(Cc3ccccc3)C(=O)NCC(=O)NC(CCCCN)C(=O)NCC(=O)O)ccc2c1.Cc1ccc(O)cc1.Cc1ccccc1. The number of aliphatic carboxylic acids is 1. The highest BCUT2D eigenvalue weighted by molar-refractivity contribution is 5.94. The minimum Gasteiger partial charge on any atom is -0.508 e. The van der Waals surface area contributed by atoms with Crippen molar-refractivity contribution >= 4 is 40.4 Å². The average Bonchev–Trinajstić information content (AvgIpc) is 3.23. The zero-order valence-electron chi connectivity index (χ0n) is 33.8. The fourth-order valence-corrected chi connectivity index (χ4v) is 5.66. The van der Waals surface area contributed by atoms with Gasteiger partial charge in [0.15, 0.2) is 0 Å². The van der Waals surface area contributed by atoms with Crippen LogP contribution in [0.2, 0.25) is 0 Å². The first-order valence-electron chi connectivity index (χ1n) is 19.3. The van der Waals surface area contributed by atoms with Crippen molar-refractivity contribution in [3.8, 4) is 11.5 Å². The summed E-state index contributed by atoms with van der Waals surface area (Å²) in [5, 5.41) is 29.7. The molecule has 0 bridgehead atoms. The molecule has 312 valence electrons. The van der Waals surface area contributed by atoms with Gasteiger partial charge < -0.3 is 42.0 Å². The zero-order valence-corrected chi connectivity index (χ0v) is 33.8. The molecule has 0 aromatic heterocycles. The molecule has 13 nitrogen and oxygen atoms in total. The number of aryl methyl sites for hydroxylation is 2. The van der Waals surface area contributed by atoms with Gasteiger partial charge in [-0.3, -0.25) is 24.0 Å². The molecule has 2 unspecified atom stereocenters. The van der Waals surface area contributed by atoms with Gasteiger partial charge in [0.1, 0.15) is 30.1 Å². The van der Waals surface area contributed by atoms with Crippen LogP contribution in [0, 0.1) is 13.8 Å². The van der Waals surface area contributed by atoms with Crippen LogP contribution in [0.4, 0.5) is 0 Å². The molecule has 0 saturated heterocycles. The number of nitrogens with two attached hydrogens (primary N) is 1. The number of carbonyl (C=O) groups is 5. The quantitative estimate of drug-likeness (QED) is 0.0647. The van der Waals surface area contributed by atoms with Crippen LogP contribution in [0.25, 0.3) is 10.8 Å². The number of hydrogen-bond donors (Lipinski definition) is 7. The normalized spacial score (nSPS) is 11.3. The maximum Gasteiger partial charge on any atom is 0.322 e. The largest absolute Gasteiger partial charge is 0.508 e. The van der Waals surface area contributed by atoms with E-state index in [1.807, 2.05) is 104 Å². The molecule has 13 heteroatoms. The van der Waals surface area contributed by atoms with Crippen molar-refractivity contribution in [2.24, 2.45) is 5.73 Å². The highest BCUT2D eigenvalue weighted by Crippen LogP contribution is 2.22. The molecule has 0 radical (unpaired) electrons. The van der Waals surface area contributed by atoms with E-state index in [0.29, 0.717) is 25.1 Å². The average molecular weight is 806 g/mol. The fourth-order valence-electron chi connectivity index (χ4n) is 5.66. The summed E-state index contributed by atoms with van der Waals surface area (Å²) in [6.45, 7) is 3.43. The summed E-state index contributed by atoms with van der Waals surface area (Å²) in [6.07, 6.45) is 1.63. The molecule has 0 aliphatic rings. The number of hydrogen-bond acceptors (Lipinski definition) is 8. The van der Waals surface area contributed by atoms with Crippen molar-refractivity contribution in [3.05, 3.63) is 144 Å². The molecule has 2 atom stereocenters. The molecule has 0 fully saturated rings. The van der Waals surface area contributed by atoms with E-state index >= 15 is 0 Å². The van der Waals surface area contributed by atoms with Crippen molar-refractivity contribution in [3.63, 3.8) is 0 Å². The Balaban J connectivity index is 0.000000512. The first-order valence-corrected chi connectivity index (χ1v) is 19.3. The van der Waals surface area contributed by atoms with Crippen LogP contribution in [0.1, 0.15) is 41.5 Å². The van der Waals surface area contributed by atoms with Crippen molar-refractivity contribution in [1.29, 1.82) is 0 Å². The van der Waals surface area contributed by atoms with Crippen LogP contribution in [0.15, 0.2) is 121 Å². The van der Waals surface area contributed by atoms with E-state index < -0.39 is 48.9 Å². The fraction of sp³-hybridized carbons (Fsp3) is 0.283. The van der Waals surface area contributed by atoms with Gasteiger partial charge in [0.2, 0.25) is 23.6 Å². The Bertz CT molecular complexity index is 2060. The second-order valence-electron chi connectivity index (χ2n) is 13.8. The van der Waals surface area contributed by atoms with E-state index in [2.05, 4.69) is 40.3 Å². The van der Waals surface area contributed by atoms with E-state index in [4.69, 9.17) is 20.7 Å². The van der Waals surface area contributed by atoms with E-state index in [1.165, 1.54) is 11.1 Å². The molecule has 5 aromatic carbocycles. The van der Waals surface area contributed by atoms with Gasteiger partial charge in [-0.05, 0) is 85.8 Å². The summed E-state index contributed by atoms with van der Waals surface area (Å²) in [5.74, 6) is -2.38. The van der Waals surface area contributed by atoms with Crippen LogP contribution in [-0.4, -0.2) is 78.6 Å². The summed E-state index contributed by atoms with van der Waals surface area (Å²) < 4.78 is 5.26. The number of benzene rings is 5. The number of phenols is 1. The summed E-state index contributed by atoms with van der Waals surface area (Å²) in [6, 6.07) is 35.8. The number of ether oxygens (including phenoxy) is 1. The van der Waals surface area contributed by atoms with E-state index in [0.717, 1.165) is 27.6 Å². The van der Waals surface area contributed by atoms with Gasteiger partial charge in [-0.2, -0.15) is 0 Å². The highest BCUT2D eigenvalue weighted by atomic mass is 16.5. The summed E-state index contributed by atoms with van der Waals surface area (Å²) in [7, 11) is 1.60. The number of amides is 4. The molecule has 0 aliphatic heterocycles.